The van der Waals surface area contributed by atoms with Gasteiger partial charge in [0.15, 0.2) is 0 Å². The number of hydrogen-bond acceptors (Lipinski definition) is 2. The van der Waals surface area contributed by atoms with Gasteiger partial charge in [0.05, 0.1) is 18.8 Å². The van der Waals surface area contributed by atoms with E-state index in [0.29, 0.717) is 24.0 Å². The molecule has 116 valence electrons. The van der Waals surface area contributed by atoms with Crippen LogP contribution in [-0.2, 0) is 4.74 Å². The van der Waals surface area contributed by atoms with Crippen LogP contribution in [0.5, 0.6) is 0 Å². The summed E-state index contributed by atoms with van der Waals surface area (Å²) in [4.78, 5) is 4.76. The van der Waals surface area contributed by atoms with Gasteiger partial charge in [0.25, 0.3) is 0 Å². The van der Waals surface area contributed by atoms with Crippen LogP contribution in [0.15, 0.2) is 16.6 Å². The molecule has 1 saturated carbocycles. The van der Waals surface area contributed by atoms with E-state index in [1.54, 1.807) is 5.57 Å². The first-order chi connectivity index (χ1) is 9.08. The fourth-order valence-corrected chi connectivity index (χ4v) is 3.45. The van der Waals surface area contributed by atoms with Gasteiger partial charge in [0.2, 0.25) is 0 Å². The highest BCUT2D eigenvalue weighted by molar-refractivity contribution is 5.91. The summed E-state index contributed by atoms with van der Waals surface area (Å²) in [6, 6.07) is 0. The number of fused-ring (bicyclic) bond motifs is 1. The third kappa shape index (κ3) is 4.44. The Morgan fingerprint density at radius 3 is 2.55 bits per heavy atom. The number of aliphatic imine (C=N–C) groups is 1. The number of ether oxygens (including phenoxy) is 1. The second kappa shape index (κ2) is 7.97. The fraction of sp³-hybridized carbons (Fsp3) is 0.833. The molecule has 0 aromatic carbocycles. The van der Waals surface area contributed by atoms with Gasteiger partial charge >= 0.3 is 0 Å². The number of nitrogens with zero attached hydrogens (tertiary/aromatic N) is 1. The van der Waals surface area contributed by atoms with Crippen LogP contribution >= 0.6 is 0 Å². The van der Waals surface area contributed by atoms with Crippen LogP contribution in [0.25, 0.3) is 0 Å². The van der Waals surface area contributed by atoms with Crippen molar-refractivity contribution < 1.29 is 4.74 Å². The van der Waals surface area contributed by atoms with E-state index in [1.807, 2.05) is 0 Å². The standard InChI is InChI=1S/C17H29NO.CH4/c1-12(2)17-16-7-5-6-15(19-13(3)4)9-8-14(16)10-11-18-17;/h10,12-13,15-16H,5-9,11H2,1-4H3;1H4. The van der Waals surface area contributed by atoms with Crippen LogP contribution < -0.4 is 0 Å². The van der Waals surface area contributed by atoms with E-state index in [2.05, 4.69) is 33.8 Å². The summed E-state index contributed by atoms with van der Waals surface area (Å²) in [6.45, 7) is 9.75. The molecule has 0 saturated heterocycles. The van der Waals surface area contributed by atoms with Crippen LogP contribution in [0.2, 0.25) is 0 Å². The minimum atomic E-state index is 0. The van der Waals surface area contributed by atoms with E-state index in [-0.39, 0.29) is 7.43 Å². The van der Waals surface area contributed by atoms with Crippen molar-refractivity contribution in [2.24, 2.45) is 16.8 Å². The van der Waals surface area contributed by atoms with Gasteiger partial charge in [-0.3, -0.25) is 4.99 Å². The van der Waals surface area contributed by atoms with Gasteiger partial charge in [0, 0.05) is 11.6 Å². The predicted octanol–water partition coefficient (Wildman–Crippen LogP) is 5.03. The molecule has 1 fully saturated rings. The second-order valence-corrected chi connectivity index (χ2v) is 6.53. The molecule has 2 atom stereocenters. The zero-order chi connectivity index (χ0) is 13.8. The van der Waals surface area contributed by atoms with E-state index in [4.69, 9.17) is 9.73 Å². The summed E-state index contributed by atoms with van der Waals surface area (Å²) in [5.74, 6) is 1.23. The summed E-state index contributed by atoms with van der Waals surface area (Å²) in [5.41, 5.74) is 3.08. The van der Waals surface area contributed by atoms with Gasteiger partial charge < -0.3 is 4.74 Å². The first-order valence-electron chi connectivity index (χ1n) is 7.96. The largest absolute Gasteiger partial charge is 0.376 e. The summed E-state index contributed by atoms with van der Waals surface area (Å²) < 4.78 is 6.02. The Labute approximate surface area is 125 Å². The van der Waals surface area contributed by atoms with Crippen LogP contribution in [0, 0.1) is 11.8 Å². The molecule has 20 heavy (non-hydrogen) atoms. The average molecular weight is 279 g/mol. The van der Waals surface area contributed by atoms with Gasteiger partial charge in [0.1, 0.15) is 0 Å². The molecule has 1 aliphatic carbocycles. The molecule has 2 rings (SSSR count). The van der Waals surface area contributed by atoms with E-state index < -0.39 is 0 Å². The maximum Gasteiger partial charge on any atom is 0.0581 e. The molecular weight excluding hydrogens is 246 g/mol. The lowest BCUT2D eigenvalue weighted by atomic mass is 9.78. The van der Waals surface area contributed by atoms with Gasteiger partial charge in [-0.05, 0) is 51.9 Å². The number of hydrogen-bond donors (Lipinski definition) is 0. The first kappa shape index (κ1) is 17.4. The summed E-state index contributed by atoms with van der Waals surface area (Å²) in [6.07, 6.45) is 9.32. The Hall–Kier alpha value is -0.630. The van der Waals surface area contributed by atoms with Crippen LogP contribution in [0.1, 0.15) is 67.2 Å². The molecule has 0 bridgehead atoms. The third-order valence-corrected chi connectivity index (χ3v) is 4.26. The smallest absolute Gasteiger partial charge is 0.0581 e. The van der Waals surface area contributed by atoms with Crippen molar-refractivity contribution in [3.05, 3.63) is 11.6 Å². The quantitative estimate of drug-likeness (QED) is 0.664. The molecule has 2 heteroatoms. The van der Waals surface area contributed by atoms with Crippen molar-refractivity contribution in [2.45, 2.75) is 79.4 Å². The van der Waals surface area contributed by atoms with Crippen molar-refractivity contribution in [3.8, 4) is 0 Å². The molecule has 2 nitrogen and oxygen atoms in total. The van der Waals surface area contributed by atoms with Crippen molar-refractivity contribution >= 4 is 5.71 Å². The predicted molar refractivity (Wildman–Crippen MR) is 88.5 cm³/mol. The van der Waals surface area contributed by atoms with Crippen LogP contribution in [0.3, 0.4) is 0 Å². The highest BCUT2D eigenvalue weighted by Crippen LogP contribution is 2.33. The Bertz CT molecular complexity index is 354. The normalized spacial score (nSPS) is 27.1. The molecule has 1 aliphatic heterocycles. The first-order valence-corrected chi connectivity index (χ1v) is 7.96. The maximum atomic E-state index is 6.02. The van der Waals surface area contributed by atoms with Crippen molar-refractivity contribution in [1.82, 2.24) is 0 Å². The molecule has 0 radical (unpaired) electrons. The summed E-state index contributed by atoms with van der Waals surface area (Å²) in [7, 11) is 0. The zero-order valence-corrected chi connectivity index (χ0v) is 13.0. The Morgan fingerprint density at radius 1 is 1.15 bits per heavy atom. The molecule has 0 spiro atoms. The van der Waals surface area contributed by atoms with E-state index in [0.717, 1.165) is 6.54 Å². The monoisotopic (exact) mass is 279 g/mol. The molecule has 0 aromatic heterocycles. The Kier molecular flexibility index (Phi) is 6.94. The lowest BCUT2D eigenvalue weighted by molar-refractivity contribution is -0.00436. The van der Waals surface area contributed by atoms with Crippen LogP contribution in [-0.4, -0.2) is 24.5 Å². The highest BCUT2D eigenvalue weighted by Gasteiger charge is 2.27. The SMILES string of the molecule is C.CC(C)OC1CCCC2C(=CCN=C2C(C)C)CC1. The summed E-state index contributed by atoms with van der Waals surface area (Å²) >= 11 is 0. The molecule has 0 N–H and O–H groups in total. The maximum absolute atomic E-state index is 6.02. The van der Waals surface area contributed by atoms with Crippen molar-refractivity contribution in [1.29, 1.82) is 0 Å². The zero-order valence-electron chi connectivity index (χ0n) is 13.0. The molecule has 0 amide bonds. The number of allylic oxidation sites excluding steroid dienone is 1. The number of rotatable bonds is 3. The fourth-order valence-electron chi connectivity index (χ4n) is 3.45. The second-order valence-electron chi connectivity index (χ2n) is 6.53. The van der Waals surface area contributed by atoms with Gasteiger partial charge in [-0.2, -0.15) is 0 Å². The minimum Gasteiger partial charge on any atom is -0.376 e. The van der Waals surface area contributed by atoms with E-state index >= 15 is 0 Å². The van der Waals surface area contributed by atoms with E-state index in [9.17, 15) is 0 Å². The van der Waals surface area contributed by atoms with Gasteiger partial charge in [-0.15, -0.1) is 0 Å². The molecule has 2 aliphatic rings. The Morgan fingerprint density at radius 2 is 1.90 bits per heavy atom. The topological polar surface area (TPSA) is 21.6 Å². The molecule has 0 aromatic rings. The van der Waals surface area contributed by atoms with Crippen LogP contribution in [0.4, 0.5) is 0 Å². The lowest BCUT2D eigenvalue weighted by Crippen LogP contribution is -2.29. The summed E-state index contributed by atoms with van der Waals surface area (Å²) in [5, 5.41) is 0. The lowest BCUT2D eigenvalue weighted by Gasteiger charge is -2.32. The van der Waals surface area contributed by atoms with Gasteiger partial charge in [-0.25, -0.2) is 0 Å². The Balaban J connectivity index is 0.00000200. The highest BCUT2D eigenvalue weighted by atomic mass is 16.5. The minimum absolute atomic E-state index is 0. The number of dihydropyridines is 1. The molecular formula is C18H33NO. The average Bonchev–Trinajstić information content (AvgIpc) is 2.32. The van der Waals surface area contributed by atoms with Gasteiger partial charge in [-0.1, -0.05) is 32.9 Å². The van der Waals surface area contributed by atoms with Crippen molar-refractivity contribution in [2.75, 3.05) is 6.54 Å². The van der Waals surface area contributed by atoms with Crippen molar-refractivity contribution in [3.63, 3.8) is 0 Å². The van der Waals surface area contributed by atoms with E-state index in [1.165, 1.54) is 37.8 Å². The molecule has 1 heterocycles. The third-order valence-electron chi connectivity index (χ3n) is 4.26. The molecule has 2 unspecified atom stereocenters.